The Balaban J connectivity index is 2.09. The van der Waals surface area contributed by atoms with Crippen LogP contribution in [0.4, 0.5) is 5.69 Å². The Hall–Kier alpha value is -1.66. The summed E-state index contributed by atoms with van der Waals surface area (Å²) in [5.41, 5.74) is 0.967. The van der Waals surface area contributed by atoms with Gasteiger partial charge in [0.15, 0.2) is 0 Å². The molecule has 0 saturated heterocycles. The van der Waals surface area contributed by atoms with Crippen LogP contribution in [0.2, 0.25) is 0 Å². The number of benzene rings is 1. The van der Waals surface area contributed by atoms with E-state index in [1.165, 1.54) is 6.07 Å². The Morgan fingerprint density at radius 1 is 1.30 bits per heavy atom. The topological polar surface area (TPSA) is 59.5 Å². The molecule has 1 heterocycles. The molecule has 2 aromatic rings. The van der Waals surface area contributed by atoms with Crippen molar-refractivity contribution in [2.75, 3.05) is 7.05 Å². The molecule has 0 spiro atoms. The first-order valence-corrected chi connectivity index (χ1v) is 6.92. The maximum absolute atomic E-state index is 10.9. The van der Waals surface area contributed by atoms with E-state index in [-0.39, 0.29) is 10.6 Å². The van der Waals surface area contributed by atoms with Gasteiger partial charge in [-0.2, -0.15) is 0 Å². The maximum atomic E-state index is 10.9. The Kier molecular flexibility index (Phi) is 4.57. The lowest BCUT2D eigenvalue weighted by Crippen LogP contribution is -2.17. The zero-order valence-corrected chi connectivity index (χ0v) is 12.9. The number of rotatable bonds is 5. The largest absolute Gasteiger partial charge is 0.465 e. The summed E-state index contributed by atoms with van der Waals surface area (Å²) in [6.45, 7) is 3.16. The van der Waals surface area contributed by atoms with Gasteiger partial charge in [-0.25, -0.2) is 0 Å². The van der Waals surface area contributed by atoms with Crippen LogP contribution < -0.4 is 0 Å². The summed E-state index contributed by atoms with van der Waals surface area (Å²) in [6, 6.07) is 8.92. The number of nitro benzene ring substituents is 1. The van der Waals surface area contributed by atoms with Crippen LogP contribution in [0, 0.1) is 17.0 Å². The molecular formula is C14H15BrN2O3. The molecule has 0 fully saturated rings. The van der Waals surface area contributed by atoms with Crippen molar-refractivity contribution in [3.63, 3.8) is 0 Å². The Morgan fingerprint density at radius 2 is 2.05 bits per heavy atom. The standard InChI is InChI=1S/C14H15BrN2O3/c1-10-6-7-12(20-10)9-16(2)8-11-4-3-5-13(14(11)15)17(18)19/h3-7H,8-9H2,1-2H3. The van der Waals surface area contributed by atoms with E-state index in [1.807, 2.05) is 37.1 Å². The van der Waals surface area contributed by atoms with Gasteiger partial charge in [0.2, 0.25) is 0 Å². The van der Waals surface area contributed by atoms with Crippen LogP contribution in [0.3, 0.4) is 0 Å². The fourth-order valence-corrected chi connectivity index (χ4v) is 2.55. The first kappa shape index (κ1) is 14.7. The van der Waals surface area contributed by atoms with Crippen molar-refractivity contribution >= 4 is 21.6 Å². The number of hydrogen-bond donors (Lipinski definition) is 0. The molecule has 0 saturated carbocycles. The fraction of sp³-hybridized carbons (Fsp3) is 0.286. The molecule has 1 aromatic carbocycles. The summed E-state index contributed by atoms with van der Waals surface area (Å²) in [7, 11) is 1.95. The third-order valence-electron chi connectivity index (χ3n) is 2.92. The van der Waals surface area contributed by atoms with Crippen LogP contribution >= 0.6 is 15.9 Å². The van der Waals surface area contributed by atoms with E-state index < -0.39 is 0 Å². The lowest BCUT2D eigenvalue weighted by Gasteiger charge is -2.16. The second-order valence-corrected chi connectivity index (χ2v) is 5.49. The molecule has 1 aromatic heterocycles. The van der Waals surface area contributed by atoms with Gasteiger partial charge in [0, 0.05) is 12.6 Å². The summed E-state index contributed by atoms with van der Waals surface area (Å²) < 4.78 is 6.06. The summed E-state index contributed by atoms with van der Waals surface area (Å²) in [5, 5.41) is 10.9. The van der Waals surface area contributed by atoms with Crippen LogP contribution in [0.15, 0.2) is 39.2 Å². The van der Waals surface area contributed by atoms with Crippen molar-refractivity contribution in [1.82, 2.24) is 4.90 Å². The highest BCUT2D eigenvalue weighted by Crippen LogP contribution is 2.29. The normalized spacial score (nSPS) is 11.0. The number of hydrogen-bond acceptors (Lipinski definition) is 4. The maximum Gasteiger partial charge on any atom is 0.283 e. The fourth-order valence-electron chi connectivity index (χ4n) is 2.01. The molecule has 0 aliphatic rings. The molecule has 0 amide bonds. The van der Waals surface area contributed by atoms with Crippen LogP contribution in [-0.4, -0.2) is 16.9 Å². The van der Waals surface area contributed by atoms with Crippen molar-refractivity contribution < 1.29 is 9.34 Å². The zero-order chi connectivity index (χ0) is 14.7. The number of furan rings is 1. The number of nitrogens with zero attached hydrogens (tertiary/aromatic N) is 2. The Morgan fingerprint density at radius 3 is 2.65 bits per heavy atom. The Bertz CT molecular complexity index is 625. The molecule has 0 aliphatic carbocycles. The summed E-state index contributed by atoms with van der Waals surface area (Å²) in [5.74, 6) is 1.76. The monoisotopic (exact) mass is 338 g/mol. The molecule has 2 rings (SSSR count). The highest BCUT2D eigenvalue weighted by molar-refractivity contribution is 9.10. The molecule has 5 nitrogen and oxygen atoms in total. The van der Waals surface area contributed by atoms with Crippen molar-refractivity contribution in [1.29, 1.82) is 0 Å². The zero-order valence-electron chi connectivity index (χ0n) is 11.3. The lowest BCUT2D eigenvalue weighted by molar-refractivity contribution is -0.385. The van der Waals surface area contributed by atoms with Gasteiger partial charge in [0.25, 0.3) is 5.69 Å². The highest BCUT2D eigenvalue weighted by Gasteiger charge is 2.16. The van der Waals surface area contributed by atoms with Crippen molar-refractivity contribution in [2.24, 2.45) is 0 Å². The quantitative estimate of drug-likeness (QED) is 0.612. The highest BCUT2D eigenvalue weighted by atomic mass is 79.9. The van der Waals surface area contributed by atoms with E-state index in [2.05, 4.69) is 15.9 Å². The predicted octanol–water partition coefficient (Wildman–Crippen LogP) is 3.89. The van der Waals surface area contributed by atoms with Gasteiger partial charge in [0.1, 0.15) is 11.5 Å². The summed E-state index contributed by atoms with van der Waals surface area (Å²) >= 11 is 3.31. The third-order valence-corrected chi connectivity index (χ3v) is 3.83. The van der Waals surface area contributed by atoms with Gasteiger partial charge in [-0.05, 0) is 47.6 Å². The molecule has 0 aliphatic heterocycles. The van der Waals surface area contributed by atoms with Gasteiger partial charge in [-0.1, -0.05) is 12.1 Å². The van der Waals surface area contributed by atoms with E-state index in [0.717, 1.165) is 17.1 Å². The van der Waals surface area contributed by atoms with Gasteiger partial charge in [0.05, 0.1) is 15.9 Å². The second-order valence-electron chi connectivity index (χ2n) is 4.69. The average Bonchev–Trinajstić information content (AvgIpc) is 2.77. The summed E-state index contributed by atoms with van der Waals surface area (Å²) in [4.78, 5) is 12.6. The van der Waals surface area contributed by atoms with E-state index in [4.69, 9.17) is 4.42 Å². The third kappa shape index (κ3) is 3.46. The first-order valence-electron chi connectivity index (χ1n) is 6.13. The molecule has 0 bridgehead atoms. The lowest BCUT2D eigenvalue weighted by atomic mass is 10.2. The van der Waals surface area contributed by atoms with E-state index in [0.29, 0.717) is 17.6 Å². The van der Waals surface area contributed by atoms with Crippen LogP contribution in [0.1, 0.15) is 17.1 Å². The minimum atomic E-state index is -0.385. The summed E-state index contributed by atoms with van der Waals surface area (Å²) in [6.07, 6.45) is 0. The second kappa shape index (κ2) is 6.19. The molecule has 6 heteroatoms. The molecule has 0 radical (unpaired) electrons. The van der Waals surface area contributed by atoms with Crippen molar-refractivity contribution in [3.8, 4) is 0 Å². The number of nitro groups is 1. The predicted molar refractivity (Wildman–Crippen MR) is 79.4 cm³/mol. The van der Waals surface area contributed by atoms with Gasteiger partial charge < -0.3 is 4.42 Å². The van der Waals surface area contributed by atoms with E-state index >= 15 is 0 Å². The molecule has 0 N–H and O–H groups in total. The molecule has 0 unspecified atom stereocenters. The Labute approximate surface area is 125 Å². The molecule has 20 heavy (non-hydrogen) atoms. The average molecular weight is 339 g/mol. The number of aryl methyl sites for hydroxylation is 1. The van der Waals surface area contributed by atoms with E-state index in [1.54, 1.807) is 6.07 Å². The minimum Gasteiger partial charge on any atom is -0.465 e. The molecule has 106 valence electrons. The molecular weight excluding hydrogens is 324 g/mol. The molecule has 0 atom stereocenters. The van der Waals surface area contributed by atoms with Crippen LogP contribution in [0.5, 0.6) is 0 Å². The number of halogens is 1. The van der Waals surface area contributed by atoms with Gasteiger partial charge >= 0.3 is 0 Å². The minimum absolute atomic E-state index is 0.0877. The van der Waals surface area contributed by atoms with Gasteiger partial charge in [-0.3, -0.25) is 15.0 Å². The first-order chi connectivity index (χ1) is 9.47. The smallest absolute Gasteiger partial charge is 0.283 e. The van der Waals surface area contributed by atoms with Crippen molar-refractivity contribution in [3.05, 3.63) is 62.0 Å². The van der Waals surface area contributed by atoms with Crippen LogP contribution in [-0.2, 0) is 13.1 Å². The van der Waals surface area contributed by atoms with Crippen LogP contribution in [0.25, 0.3) is 0 Å². The SMILES string of the molecule is Cc1ccc(CN(C)Cc2cccc([N+](=O)[O-])c2Br)o1. The van der Waals surface area contributed by atoms with Crippen molar-refractivity contribution in [2.45, 2.75) is 20.0 Å². The van der Waals surface area contributed by atoms with Gasteiger partial charge in [-0.15, -0.1) is 0 Å². The van der Waals surface area contributed by atoms with E-state index in [9.17, 15) is 10.1 Å².